The predicted octanol–water partition coefficient (Wildman–Crippen LogP) is 1.33. The molecule has 4 N–H and O–H groups in total. The Kier molecular flexibility index (Phi) is 6.64. The van der Waals surface area contributed by atoms with Gasteiger partial charge in [0.05, 0.1) is 10.6 Å². The summed E-state index contributed by atoms with van der Waals surface area (Å²) in [7, 11) is -3.39. The molecule has 0 aromatic heterocycles. The molecule has 1 rings (SSSR count). The molecule has 0 amide bonds. The van der Waals surface area contributed by atoms with Crippen molar-refractivity contribution in [2.45, 2.75) is 37.6 Å². The third kappa shape index (κ3) is 5.02. The lowest BCUT2D eigenvalue weighted by molar-refractivity contribution is 0.318. The van der Waals surface area contributed by atoms with Crippen LogP contribution >= 0.6 is 0 Å². The SMILES string of the molecule is CCC(CC)NCCS(=O)(=O)c1cccc(/C(N)=N/O)c1. The van der Waals surface area contributed by atoms with Crippen LogP contribution in [0.4, 0.5) is 0 Å². The lowest BCUT2D eigenvalue weighted by Crippen LogP contribution is -2.32. The van der Waals surface area contributed by atoms with E-state index in [1.165, 1.54) is 12.1 Å². The molecule has 0 bridgehead atoms. The second kappa shape index (κ2) is 7.99. The molecule has 118 valence electrons. The van der Waals surface area contributed by atoms with Crippen LogP contribution in [-0.2, 0) is 9.84 Å². The van der Waals surface area contributed by atoms with Crippen LogP contribution in [0.15, 0.2) is 34.3 Å². The fourth-order valence-electron chi connectivity index (χ4n) is 2.00. The zero-order valence-electron chi connectivity index (χ0n) is 12.4. The van der Waals surface area contributed by atoms with Gasteiger partial charge in [-0.2, -0.15) is 0 Å². The minimum Gasteiger partial charge on any atom is -0.409 e. The third-order valence-corrected chi connectivity index (χ3v) is 5.10. The van der Waals surface area contributed by atoms with E-state index < -0.39 is 9.84 Å². The van der Waals surface area contributed by atoms with Crippen molar-refractivity contribution in [3.63, 3.8) is 0 Å². The van der Waals surface area contributed by atoms with Crippen LogP contribution in [-0.4, -0.2) is 37.8 Å². The molecule has 0 aliphatic carbocycles. The molecule has 0 fully saturated rings. The van der Waals surface area contributed by atoms with E-state index in [1.807, 2.05) is 0 Å². The summed E-state index contributed by atoms with van der Waals surface area (Å²) in [5.74, 6) is -0.0921. The molecule has 0 atom stereocenters. The average Bonchev–Trinajstić information content (AvgIpc) is 2.51. The molecule has 0 aliphatic rings. The van der Waals surface area contributed by atoms with Gasteiger partial charge in [-0.25, -0.2) is 8.42 Å². The summed E-state index contributed by atoms with van der Waals surface area (Å²) >= 11 is 0. The Balaban J connectivity index is 2.79. The normalized spacial score (nSPS) is 12.8. The number of hydrogen-bond acceptors (Lipinski definition) is 5. The summed E-state index contributed by atoms with van der Waals surface area (Å²) in [6.45, 7) is 4.54. The maximum Gasteiger partial charge on any atom is 0.179 e. The van der Waals surface area contributed by atoms with Gasteiger partial charge in [0.25, 0.3) is 0 Å². The van der Waals surface area contributed by atoms with Crippen LogP contribution in [0.1, 0.15) is 32.3 Å². The van der Waals surface area contributed by atoms with E-state index in [-0.39, 0.29) is 16.5 Å². The maximum atomic E-state index is 12.3. The van der Waals surface area contributed by atoms with Crippen molar-refractivity contribution < 1.29 is 13.6 Å². The summed E-state index contributed by atoms with van der Waals surface area (Å²) in [6.07, 6.45) is 1.94. The highest BCUT2D eigenvalue weighted by molar-refractivity contribution is 7.91. The highest BCUT2D eigenvalue weighted by Crippen LogP contribution is 2.13. The number of hydrogen-bond donors (Lipinski definition) is 3. The number of rotatable bonds is 8. The molecule has 0 saturated carbocycles. The van der Waals surface area contributed by atoms with Crippen molar-refractivity contribution in [3.8, 4) is 0 Å². The Morgan fingerprint density at radius 1 is 1.38 bits per heavy atom. The Morgan fingerprint density at radius 2 is 2.05 bits per heavy atom. The second-order valence-electron chi connectivity index (χ2n) is 4.80. The molecule has 6 nitrogen and oxygen atoms in total. The highest BCUT2D eigenvalue weighted by Gasteiger charge is 2.16. The van der Waals surface area contributed by atoms with E-state index in [9.17, 15) is 8.42 Å². The molecule has 0 heterocycles. The molecule has 0 spiro atoms. The van der Waals surface area contributed by atoms with Crippen LogP contribution in [0.3, 0.4) is 0 Å². The monoisotopic (exact) mass is 313 g/mol. The first-order valence-electron chi connectivity index (χ1n) is 6.98. The van der Waals surface area contributed by atoms with E-state index in [4.69, 9.17) is 10.9 Å². The Bertz CT molecular complexity index is 581. The summed E-state index contributed by atoms with van der Waals surface area (Å²) < 4.78 is 24.5. The molecule has 7 heteroatoms. The van der Waals surface area contributed by atoms with Gasteiger partial charge in [-0.1, -0.05) is 31.1 Å². The summed E-state index contributed by atoms with van der Waals surface area (Å²) in [4.78, 5) is 0.179. The van der Waals surface area contributed by atoms with E-state index in [0.29, 0.717) is 18.2 Å². The van der Waals surface area contributed by atoms with Crippen LogP contribution in [0.5, 0.6) is 0 Å². The standard InChI is InChI=1S/C14H23N3O3S/c1-3-12(4-2)16-8-9-21(19,20)13-7-5-6-11(10-13)14(15)17-18/h5-7,10,12,16,18H,3-4,8-9H2,1-2H3,(H2,15,17). The molecule has 1 aromatic rings. The first kappa shape index (κ1) is 17.5. The first-order chi connectivity index (χ1) is 9.94. The van der Waals surface area contributed by atoms with Crippen LogP contribution in [0.2, 0.25) is 0 Å². The number of sulfone groups is 1. The van der Waals surface area contributed by atoms with E-state index >= 15 is 0 Å². The summed E-state index contributed by atoms with van der Waals surface area (Å²) in [5, 5.41) is 14.7. The van der Waals surface area contributed by atoms with Crippen LogP contribution < -0.4 is 11.1 Å². The lowest BCUT2D eigenvalue weighted by atomic mass is 10.2. The van der Waals surface area contributed by atoms with Crippen molar-refractivity contribution in [1.29, 1.82) is 0 Å². The fraction of sp³-hybridized carbons (Fsp3) is 0.500. The molecule has 0 aliphatic heterocycles. The van der Waals surface area contributed by atoms with Gasteiger partial charge < -0.3 is 16.3 Å². The highest BCUT2D eigenvalue weighted by atomic mass is 32.2. The molecular formula is C14H23N3O3S. The van der Waals surface area contributed by atoms with Gasteiger partial charge in [0.2, 0.25) is 0 Å². The van der Waals surface area contributed by atoms with Gasteiger partial charge in [0.15, 0.2) is 15.7 Å². The van der Waals surface area contributed by atoms with Crippen LogP contribution in [0.25, 0.3) is 0 Å². The van der Waals surface area contributed by atoms with Crippen molar-refractivity contribution in [3.05, 3.63) is 29.8 Å². The Labute approximate surface area is 126 Å². The number of nitrogens with two attached hydrogens (primary N) is 1. The van der Waals surface area contributed by atoms with Crippen molar-refractivity contribution in [2.75, 3.05) is 12.3 Å². The third-order valence-electron chi connectivity index (χ3n) is 3.39. The largest absolute Gasteiger partial charge is 0.409 e. The van der Waals surface area contributed by atoms with Crippen molar-refractivity contribution in [2.24, 2.45) is 10.9 Å². The molecular weight excluding hydrogens is 290 g/mol. The van der Waals surface area contributed by atoms with Crippen molar-refractivity contribution >= 4 is 15.7 Å². The van der Waals surface area contributed by atoms with Gasteiger partial charge >= 0.3 is 0 Å². The van der Waals surface area contributed by atoms with Gasteiger partial charge in [0, 0.05) is 18.2 Å². The van der Waals surface area contributed by atoms with Gasteiger partial charge in [-0.15, -0.1) is 0 Å². The van der Waals surface area contributed by atoms with E-state index in [1.54, 1.807) is 12.1 Å². The van der Waals surface area contributed by atoms with Crippen molar-refractivity contribution in [1.82, 2.24) is 5.32 Å². The minimum absolute atomic E-state index is 0.0170. The van der Waals surface area contributed by atoms with Crippen LogP contribution in [0, 0.1) is 0 Å². The van der Waals surface area contributed by atoms with E-state index in [2.05, 4.69) is 24.3 Å². The number of nitrogens with zero attached hydrogens (tertiary/aromatic N) is 1. The molecule has 0 saturated heterocycles. The number of oxime groups is 1. The molecule has 0 unspecified atom stereocenters. The topological polar surface area (TPSA) is 105 Å². The summed E-state index contributed by atoms with van der Waals surface area (Å²) in [6, 6.07) is 6.44. The molecule has 1 aromatic carbocycles. The first-order valence-corrected chi connectivity index (χ1v) is 8.63. The molecule has 21 heavy (non-hydrogen) atoms. The van der Waals surface area contributed by atoms with Gasteiger partial charge in [-0.05, 0) is 25.0 Å². The maximum absolute atomic E-state index is 12.3. The zero-order chi connectivity index (χ0) is 15.9. The second-order valence-corrected chi connectivity index (χ2v) is 6.91. The van der Waals surface area contributed by atoms with Gasteiger partial charge in [-0.3, -0.25) is 0 Å². The van der Waals surface area contributed by atoms with Gasteiger partial charge in [0.1, 0.15) is 0 Å². The minimum atomic E-state index is -3.39. The Hall–Kier alpha value is -1.60. The predicted molar refractivity (Wildman–Crippen MR) is 83.4 cm³/mol. The average molecular weight is 313 g/mol. The van der Waals surface area contributed by atoms with E-state index in [0.717, 1.165) is 12.8 Å². The summed E-state index contributed by atoms with van der Waals surface area (Å²) in [5.41, 5.74) is 5.86. The number of nitrogens with one attached hydrogen (secondary N) is 1. The Morgan fingerprint density at radius 3 is 2.62 bits per heavy atom. The lowest BCUT2D eigenvalue weighted by Gasteiger charge is -2.14. The number of amidine groups is 1. The quantitative estimate of drug-likeness (QED) is 0.291. The fourth-order valence-corrected chi connectivity index (χ4v) is 3.21. The molecule has 0 radical (unpaired) electrons. The zero-order valence-corrected chi connectivity index (χ0v) is 13.2. The number of benzene rings is 1. The smallest absolute Gasteiger partial charge is 0.179 e.